The summed E-state index contributed by atoms with van der Waals surface area (Å²) in [6.07, 6.45) is 3.22. The Morgan fingerprint density at radius 2 is 1.73 bits per heavy atom. The van der Waals surface area contributed by atoms with E-state index >= 15 is 0 Å². The summed E-state index contributed by atoms with van der Waals surface area (Å²) in [5, 5.41) is 0. The topological polar surface area (TPSA) is 26.8 Å². The second kappa shape index (κ2) is 8.53. The van der Waals surface area contributed by atoms with Gasteiger partial charge in [0.1, 0.15) is 0 Å². The molecule has 3 unspecified atom stereocenters. The Labute approximate surface area is 159 Å². The average Bonchev–Trinajstić information content (AvgIpc) is 3.44. The Kier molecular flexibility index (Phi) is 6.36. The van der Waals surface area contributed by atoms with E-state index in [-0.39, 0.29) is 0 Å². The third-order valence-corrected chi connectivity index (χ3v) is 6.07. The van der Waals surface area contributed by atoms with E-state index in [0.29, 0.717) is 36.2 Å². The molecule has 1 heterocycles. The zero-order chi connectivity index (χ0) is 18.7. The molecule has 0 aromatic heterocycles. The van der Waals surface area contributed by atoms with Gasteiger partial charge in [0.15, 0.2) is 0 Å². The first kappa shape index (κ1) is 19.4. The number of amides is 1. The van der Waals surface area contributed by atoms with Crippen LogP contribution < -0.4 is 0 Å². The molecule has 0 radical (unpaired) electrons. The van der Waals surface area contributed by atoms with Crippen molar-refractivity contribution in [1.82, 2.24) is 14.7 Å². The number of nitrogens with zero attached hydrogens (tertiary/aromatic N) is 3. The molecular formula is C22H35N3O. The Bertz CT molecular complexity index is 572. The third-order valence-electron chi connectivity index (χ3n) is 6.07. The number of hydrogen-bond donors (Lipinski definition) is 0. The van der Waals surface area contributed by atoms with E-state index in [1.54, 1.807) is 0 Å². The maximum Gasteiger partial charge on any atom is 0.223 e. The van der Waals surface area contributed by atoms with E-state index in [9.17, 15) is 4.79 Å². The Morgan fingerprint density at radius 3 is 2.27 bits per heavy atom. The predicted molar refractivity (Wildman–Crippen MR) is 107 cm³/mol. The average molecular weight is 358 g/mol. The van der Waals surface area contributed by atoms with Crippen molar-refractivity contribution < 1.29 is 4.79 Å². The molecule has 4 heteroatoms. The minimum atomic E-state index is 0.344. The van der Waals surface area contributed by atoms with Gasteiger partial charge in [-0.1, -0.05) is 30.3 Å². The molecule has 1 saturated carbocycles. The zero-order valence-corrected chi connectivity index (χ0v) is 16.9. The molecule has 0 N–H and O–H groups in total. The molecule has 1 saturated heterocycles. The van der Waals surface area contributed by atoms with Crippen LogP contribution in [-0.2, 0) is 4.79 Å². The summed E-state index contributed by atoms with van der Waals surface area (Å²) in [4.78, 5) is 20.0. The molecule has 26 heavy (non-hydrogen) atoms. The maximum absolute atomic E-state index is 13.1. The Hall–Kier alpha value is -1.39. The van der Waals surface area contributed by atoms with Crippen molar-refractivity contribution in [2.24, 2.45) is 5.92 Å². The molecule has 1 amide bonds. The molecule has 3 atom stereocenters. The van der Waals surface area contributed by atoms with Crippen LogP contribution in [0.25, 0.3) is 0 Å². The third kappa shape index (κ3) is 4.86. The lowest BCUT2D eigenvalue weighted by Gasteiger charge is -2.45. The van der Waals surface area contributed by atoms with Crippen LogP contribution in [0.4, 0.5) is 0 Å². The summed E-state index contributed by atoms with van der Waals surface area (Å²) in [6, 6.07) is 11.5. The highest BCUT2D eigenvalue weighted by molar-refractivity contribution is 5.77. The maximum atomic E-state index is 13.1. The van der Waals surface area contributed by atoms with Gasteiger partial charge in [-0.25, -0.2) is 0 Å². The Balaban J connectivity index is 1.60. The van der Waals surface area contributed by atoms with Crippen LogP contribution in [0.1, 0.15) is 44.6 Å². The first-order valence-corrected chi connectivity index (χ1v) is 10.2. The number of carbonyl (C=O) groups excluding carboxylic acids is 1. The minimum absolute atomic E-state index is 0.344. The van der Waals surface area contributed by atoms with Crippen LogP contribution in [0.2, 0.25) is 0 Å². The molecule has 144 valence electrons. The normalized spacial score (nSPS) is 25.5. The fourth-order valence-corrected chi connectivity index (χ4v) is 4.39. The van der Waals surface area contributed by atoms with E-state index in [4.69, 9.17) is 0 Å². The number of rotatable bonds is 7. The van der Waals surface area contributed by atoms with Crippen molar-refractivity contribution >= 4 is 5.91 Å². The second-order valence-corrected chi connectivity index (χ2v) is 8.60. The Morgan fingerprint density at radius 1 is 1.12 bits per heavy atom. The van der Waals surface area contributed by atoms with Crippen LogP contribution in [-0.4, -0.2) is 73.0 Å². The molecular weight excluding hydrogens is 322 g/mol. The van der Waals surface area contributed by atoms with Crippen molar-refractivity contribution in [2.75, 3.05) is 40.3 Å². The monoisotopic (exact) mass is 357 g/mol. The van der Waals surface area contributed by atoms with Crippen molar-refractivity contribution in [3.8, 4) is 0 Å². The molecule has 3 rings (SSSR count). The summed E-state index contributed by atoms with van der Waals surface area (Å²) in [6.45, 7) is 8.40. The quantitative estimate of drug-likeness (QED) is 0.750. The standard InChI is InChI=1S/C22H35N3O/c1-17-15-24(16-18(2)25(17)13-12-23(3)4)22(26)14-21(20-10-11-20)19-8-6-5-7-9-19/h5-9,17-18,20-21H,10-16H2,1-4H3. The van der Waals surface area contributed by atoms with Gasteiger partial charge in [-0.3, -0.25) is 9.69 Å². The lowest BCUT2D eigenvalue weighted by Crippen LogP contribution is -2.59. The molecule has 2 aliphatic rings. The molecule has 1 aliphatic heterocycles. The van der Waals surface area contributed by atoms with Gasteiger partial charge in [-0.2, -0.15) is 0 Å². The summed E-state index contributed by atoms with van der Waals surface area (Å²) in [5.74, 6) is 1.45. The highest BCUT2D eigenvalue weighted by atomic mass is 16.2. The van der Waals surface area contributed by atoms with Gasteiger partial charge < -0.3 is 9.80 Å². The fraction of sp³-hybridized carbons (Fsp3) is 0.682. The summed E-state index contributed by atoms with van der Waals surface area (Å²) >= 11 is 0. The first-order valence-electron chi connectivity index (χ1n) is 10.2. The van der Waals surface area contributed by atoms with E-state index in [0.717, 1.165) is 26.2 Å². The lowest BCUT2D eigenvalue weighted by atomic mass is 9.90. The number of piperazine rings is 1. The van der Waals surface area contributed by atoms with Gasteiger partial charge in [-0.05, 0) is 58.2 Å². The molecule has 1 aromatic rings. The van der Waals surface area contributed by atoms with Gasteiger partial charge in [-0.15, -0.1) is 0 Å². The lowest BCUT2D eigenvalue weighted by molar-refractivity contribution is -0.136. The van der Waals surface area contributed by atoms with Crippen molar-refractivity contribution in [3.05, 3.63) is 35.9 Å². The van der Waals surface area contributed by atoms with Crippen molar-refractivity contribution in [1.29, 1.82) is 0 Å². The molecule has 1 aromatic carbocycles. The van der Waals surface area contributed by atoms with Crippen LogP contribution in [0.15, 0.2) is 30.3 Å². The number of likely N-dealkylation sites (N-methyl/N-ethyl adjacent to an activating group) is 1. The van der Waals surface area contributed by atoms with Gasteiger partial charge in [0, 0.05) is 44.7 Å². The van der Waals surface area contributed by atoms with E-state index in [1.807, 2.05) is 0 Å². The van der Waals surface area contributed by atoms with Gasteiger partial charge in [0.25, 0.3) is 0 Å². The summed E-state index contributed by atoms with van der Waals surface area (Å²) in [5.41, 5.74) is 1.34. The highest BCUT2D eigenvalue weighted by Crippen LogP contribution is 2.44. The molecule has 4 nitrogen and oxygen atoms in total. The van der Waals surface area contributed by atoms with Crippen LogP contribution in [0.3, 0.4) is 0 Å². The number of carbonyl (C=O) groups is 1. The number of benzene rings is 1. The molecule has 0 spiro atoms. The SMILES string of the molecule is CC1CN(C(=O)CC(c2ccccc2)C2CC2)CC(C)N1CCN(C)C. The smallest absolute Gasteiger partial charge is 0.223 e. The van der Waals surface area contributed by atoms with Crippen LogP contribution in [0.5, 0.6) is 0 Å². The second-order valence-electron chi connectivity index (χ2n) is 8.60. The summed E-state index contributed by atoms with van der Waals surface area (Å²) < 4.78 is 0. The molecule has 2 fully saturated rings. The van der Waals surface area contributed by atoms with Gasteiger partial charge >= 0.3 is 0 Å². The predicted octanol–water partition coefficient (Wildman–Crippen LogP) is 3.05. The fourth-order valence-electron chi connectivity index (χ4n) is 4.39. The highest BCUT2D eigenvalue weighted by Gasteiger charge is 2.37. The van der Waals surface area contributed by atoms with E-state index < -0.39 is 0 Å². The van der Waals surface area contributed by atoms with Gasteiger partial charge in [0.2, 0.25) is 5.91 Å². The van der Waals surface area contributed by atoms with Crippen molar-refractivity contribution in [3.63, 3.8) is 0 Å². The van der Waals surface area contributed by atoms with Crippen molar-refractivity contribution in [2.45, 2.75) is 51.1 Å². The first-order chi connectivity index (χ1) is 12.5. The van der Waals surface area contributed by atoms with E-state index in [2.05, 4.69) is 73.0 Å². The van der Waals surface area contributed by atoms with E-state index in [1.165, 1.54) is 18.4 Å². The van der Waals surface area contributed by atoms with Crippen LogP contribution in [0, 0.1) is 5.92 Å². The summed E-state index contributed by atoms with van der Waals surface area (Å²) in [7, 11) is 4.24. The molecule has 1 aliphatic carbocycles. The molecule has 0 bridgehead atoms. The zero-order valence-electron chi connectivity index (χ0n) is 16.9. The van der Waals surface area contributed by atoms with Gasteiger partial charge in [0.05, 0.1) is 0 Å². The minimum Gasteiger partial charge on any atom is -0.340 e. The largest absolute Gasteiger partial charge is 0.340 e. The van der Waals surface area contributed by atoms with Crippen LogP contribution >= 0.6 is 0 Å². The number of hydrogen-bond acceptors (Lipinski definition) is 3.